The second-order valence-corrected chi connectivity index (χ2v) is 10.3. The summed E-state index contributed by atoms with van der Waals surface area (Å²) in [6.45, 7) is 0.703. The van der Waals surface area contributed by atoms with Crippen LogP contribution in [0.4, 0.5) is 13.2 Å². The SMILES string of the molecule is Cc1cc(S(=O)(=O)NCc2nc(-c3ccc(Cl)cc3)n(-c3ccc(Cl)cc3Cl)n2)c(C(F)(F)F)o1. The highest BCUT2D eigenvalue weighted by Gasteiger charge is 2.42. The highest BCUT2D eigenvalue weighted by atomic mass is 35.5. The van der Waals surface area contributed by atoms with Crippen LogP contribution >= 0.6 is 34.8 Å². The molecule has 184 valence electrons. The Labute approximate surface area is 212 Å². The van der Waals surface area contributed by atoms with Crippen molar-refractivity contribution in [3.8, 4) is 17.1 Å². The van der Waals surface area contributed by atoms with Gasteiger partial charge in [0.05, 0.1) is 17.3 Å². The van der Waals surface area contributed by atoms with Gasteiger partial charge >= 0.3 is 6.18 Å². The van der Waals surface area contributed by atoms with Crippen LogP contribution in [-0.4, -0.2) is 23.2 Å². The maximum absolute atomic E-state index is 13.2. The highest BCUT2D eigenvalue weighted by Crippen LogP contribution is 2.36. The number of rotatable bonds is 6. The van der Waals surface area contributed by atoms with Crippen molar-refractivity contribution in [2.45, 2.75) is 24.5 Å². The second-order valence-electron chi connectivity index (χ2n) is 7.24. The Hall–Kier alpha value is -2.57. The molecule has 1 N–H and O–H groups in total. The summed E-state index contributed by atoms with van der Waals surface area (Å²) < 4.78 is 73.1. The first-order valence-corrected chi connectivity index (χ1v) is 12.3. The summed E-state index contributed by atoms with van der Waals surface area (Å²) in [6.07, 6.45) is -4.99. The van der Waals surface area contributed by atoms with Crippen molar-refractivity contribution in [2.24, 2.45) is 0 Å². The maximum atomic E-state index is 13.2. The number of halogens is 6. The molecule has 0 radical (unpaired) electrons. The van der Waals surface area contributed by atoms with Gasteiger partial charge in [0.1, 0.15) is 10.7 Å². The fraction of sp³-hybridized carbons (Fsp3) is 0.143. The van der Waals surface area contributed by atoms with E-state index >= 15 is 0 Å². The van der Waals surface area contributed by atoms with E-state index in [0.29, 0.717) is 21.3 Å². The van der Waals surface area contributed by atoms with Crippen LogP contribution < -0.4 is 4.72 Å². The van der Waals surface area contributed by atoms with E-state index in [1.54, 1.807) is 36.4 Å². The Balaban J connectivity index is 1.72. The van der Waals surface area contributed by atoms with Gasteiger partial charge in [-0.05, 0) is 49.4 Å². The normalized spacial score (nSPS) is 12.3. The third-order valence-electron chi connectivity index (χ3n) is 4.68. The van der Waals surface area contributed by atoms with Crippen LogP contribution in [0.5, 0.6) is 0 Å². The molecule has 2 heterocycles. The number of hydrogen-bond acceptors (Lipinski definition) is 5. The fourth-order valence-electron chi connectivity index (χ4n) is 3.16. The molecule has 0 aliphatic rings. The molecule has 2 aromatic heterocycles. The molecule has 35 heavy (non-hydrogen) atoms. The summed E-state index contributed by atoms with van der Waals surface area (Å²) in [6, 6.07) is 12.1. The Morgan fingerprint density at radius 2 is 1.69 bits per heavy atom. The molecule has 4 rings (SSSR count). The zero-order valence-electron chi connectivity index (χ0n) is 17.6. The Bertz CT molecular complexity index is 1500. The number of sulfonamides is 1. The monoisotopic (exact) mass is 564 g/mol. The molecule has 0 fully saturated rings. The number of aryl methyl sites for hydroxylation is 1. The molecular weight excluding hydrogens is 552 g/mol. The van der Waals surface area contributed by atoms with Crippen LogP contribution in [0.15, 0.2) is 57.8 Å². The molecule has 7 nitrogen and oxygen atoms in total. The van der Waals surface area contributed by atoms with E-state index in [9.17, 15) is 21.6 Å². The predicted octanol–water partition coefficient (Wildman–Crippen LogP) is 6.29. The average Bonchev–Trinajstić information content (AvgIpc) is 3.37. The second kappa shape index (κ2) is 9.47. The molecule has 0 saturated carbocycles. The first-order valence-electron chi connectivity index (χ1n) is 9.70. The lowest BCUT2D eigenvalue weighted by molar-refractivity contribution is -0.155. The zero-order chi connectivity index (χ0) is 25.5. The van der Waals surface area contributed by atoms with E-state index in [-0.39, 0.29) is 22.4 Å². The molecular formula is C21H14Cl3F3N4O3S. The third-order valence-corrected chi connectivity index (χ3v) is 6.88. The largest absolute Gasteiger partial charge is 0.455 e. The quantitative estimate of drug-likeness (QED) is 0.297. The molecule has 2 aromatic carbocycles. The lowest BCUT2D eigenvalue weighted by Gasteiger charge is -2.08. The summed E-state index contributed by atoms with van der Waals surface area (Å²) >= 11 is 18.3. The smallest absolute Gasteiger partial charge is 0.450 e. The molecule has 0 aliphatic heterocycles. The van der Waals surface area contributed by atoms with E-state index in [0.717, 1.165) is 6.07 Å². The van der Waals surface area contributed by atoms with Crippen LogP contribution in [0.2, 0.25) is 15.1 Å². The number of benzene rings is 2. The zero-order valence-corrected chi connectivity index (χ0v) is 20.7. The number of furan rings is 1. The van der Waals surface area contributed by atoms with Crippen molar-refractivity contribution in [1.82, 2.24) is 19.5 Å². The highest BCUT2D eigenvalue weighted by molar-refractivity contribution is 7.89. The van der Waals surface area contributed by atoms with Gasteiger partial charge in [-0.3, -0.25) is 0 Å². The van der Waals surface area contributed by atoms with Crippen molar-refractivity contribution in [2.75, 3.05) is 0 Å². The summed E-state index contributed by atoms with van der Waals surface area (Å²) in [5.74, 6) is -1.56. The van der Waals surface area contributed by atoms with E-state index in [2.05, 4.69) is 19.2 Å². The lowest BCUT2D eigenvalue weighted by atomic mass is 10.2. The van der Waals surface area contributed by atoms with Crippen LogP contribution in [0.25, 0.3) is 17.1 Å². The molecule has 0 unspecified atom stereocenters. The Morgan fingerprint density at radius 1 is 1.03 bits per heavy atom. The van der Waals surface area contributed by atoms with Crippen LogP contribution in [0.3, 0.4) is 0 Å². The van der Waals surface area contributed by atoms with Crippen molar-refractivity contribution in [3.63, 3.8) is 0 Å². The van der Waals surface area contributed by atoms with Crippen molar-refractivity contribution < 1.29 is 26.0 Å². The molecule has 14 heteroatoms. The van der Waals surface area contributed by atoms with Crippen molar-refractivity contribution in [3.05, 3.63) is 80.9 Å². The van der Waals surface area contributed by atoms with E-state index in [1.165, 1.54) is 17.7 Å². The summed E-state index contributed by atoms with van der Waals surface area (Å²) in [5.41, 5.74) is 0.972. The van der Waals surface area contributed by atoms with Crippen molar-refractivity contribution in [1.29, 1.82) is 0 Å². The summed E-state index contributed by atoms with van der Waals surface area (Å²) in [7, 11) is -4.62. The maximum Gasteiger partial charge on any atom is 0.450 e. The minimum atomic E-state index is -4.99. The summed E-state index contributed by atoms with van der Waals surface area (Å²) in [5, 5.41) is 5.42. The van der Waals surface area contributed by atoms with Gasteiger partial charge in [0.25, 0.3) is 0 Å². The molecule has 0 amide bonds. The van der Waals surface area contributed by atoms with Gasteiger partial charge in [-0.2, -0.15) is 13.2 Å². The first kappa shape index (κ1) is 25.5. The minimum absolute atomic E-state index is 0.0293. The Kier molecular flexibility index (Phi) is 6.91. The summed E-state index contributed by atoms with van der Waals surface area (Å²) in [4.78, 5) is 3.34. The van der Waals surface area contributed by atoms with E-state index in [4.69, 9.17) is 34.8 Å². The molecule has 4 aromatic rings. The van der Waals surface area contributed by atoms with Gasteiger partial charge in [-0.1, -0.05) is 34.8 Å². The van der Waals surface area contributed by atoms with Gasteiger partial charge in [-0.15, -0.1) is 5.10 Å². The van der Waals surface area contributed by atoms with E-state index in [1.807, 2.05) is 0 Å². The molecule has 0 spiro atoms. The number of alkyl halides is 3. The van der Waals surface area contributed by atoms with Gasteiger partial charge in [0.15, 0.2) is 11.6 Å². The van der Waals surface area contributed by atoms with Crippen LogP contribution in [0, 0.1) is 6.92 Å². The van der Waals surface area contributed by atoms with Crippen molar-refractivity contribution >= 4 is 44.8 Å². The number of nitrogens with zero attached hydrogens (tertiary/aromatic N) is 3. The molecule has 0 aliphatic carbocycles. The molecule has 0 saturated heterocycles. The fourth-order valence-corrected chi connectivity index (χ4v) is 4.97. The van der Waals surface area contributed by atoms with Gasteiger partial charge < -0.3 is 4.42 Å². The average molecular weight is 566 g/mol. The van der Waals surface area contributed by atoms with Gasteiger partial charge in [-0.25, -0.2) is 22.8 Å². The van der Waals surface area contributed by atoms with Crippen LogP contribution in [0.1, 0.15) is 17.3 Å². The number of nitrogens with one attached hydrogen (secondary N) is 1. The Morgan fingerprint density at radius 3 is 2.31 bits per heavy atom. The third kappa shape index (κ3) is 5.49. The van der Waals surface area contributed by atoms with E-state index < -0.39 is 33.4 Å². The predicted molar refractivity (Wildman–Crippen MR) is 124 cm³/mol. The minimum Gasteiger partial charge on any atom is -0.455 e. The van der Waals surface area contributed by atoms with Gasteiger partial charge in [0.2, 0.25) is 15.8 Å². The molecule has 0 bridgehead atoms. The standard InChI is InChI=1S/C21H14Cl3F3N4O3S/c1-11-8-17(19(34-11)21(25,26)27)35(32,33)28-10-18-29-20(12-2-4-13(22)5-3-12)31(30-18)16-7-6-14(23)9-15(16)24/h2-9,28H,10H2,1H3. The van der Waals surface area contributed by atoms with Gasteiger partial charge in [0, 0.05) is 21.7 Å². The van der Waals surface area contributed by atoms with Crippen LogP contribution in [-0.2, 0) is 22.7 Å². The number of aromatic nitrogens is 3. The lowest BCUT2D eigenvalue weighted by Crippen LogP contribution is -2.25. The first-order chi connectivity index (χ1) is 16.3. The number of hydrogen-bond donors (Lipinski definition) is 1. The molecule has 0 atom stereocenters. The topological polar surface area (TPSA) is 90.0 Å².